The van der Waals surface area contributed by atoms with Gasteiger partial charge in [0, 0.05) is 23.1 Å². The van der Waals surface area contributed by atoms with E-state index in [9.17, 15) is 39.2 Å². The Balaban J connectivity index is 1.26. The Morgan fingerprint density at radius 3 is 2.35 bits per heavy atom. The van der Waals surface area contributed by atoms with E-state index in [2.05, 4.69) is 10.6 Å². The number of para-hydroxylation sites is 2. The maximum absolute atomic E-state index is 13.5. The predicted molar refractivity (Wildman–Crippen MR) is 169 cm³/mol. The molecule has 46 heavy (non-hydrogen) atoms. The Kier molecular flexibility index (Phi) is 10.0. The van der Waals surface area contributed by atoms with Crippen molar-refractivity contribution in [2.75, 3.05) is 18.1 Å². The Hall–Kier alpha value is -5.15. The summed E-state index contributed by atoms with van der Waals surface area (Å²) in [4.78, 5) is 76.1. The van der Waals surface area contributed by atoms with E-state index < -0.39 is 52.7 Å². The lowest BCUT2D eigenvalue weighted by Crippen LogP contribution is -2.71. The largest absolute Gasteiger partial charge is 0.477 e. The Morgan fingerprint density at radius 2 is 1.67 bits per heavy atom. The Bertz CT molecular complexity index is 1720. The number of thioether (sulfide) groups is 2. The van der Waals surface area contributed by atoms with Crippen LogP contribution in [-0.2, 0) is 19.2 Å². The minimum Gasteiger partial charge on any atom is -0.477 e. The molecule has 2 aliphatic heterocycles. The van der Waals surface area contributed by atoms with E-state index in [0.29, 0.717) is 16.7 Å². The molecule has 13 nitrogen and oxygen atoms in total. The van der Waals surface area contributed by atoms with Gasteiger partial charge in [0.1, 0.15) is 23.2 Å². The van der Waals surface area contributed by atoms with Gasteiger partial charge in [-0.1, -0.05) is 84.6 Å². The summed E-state index contributed by atoms with van der Waals surface area (Å²) in [5.41, 5.74) is 0.738. The molecule has 3 amide bonds. The van der Waals surface area contributed by atoms with Crippen LogP contribution in [0.3, 0.4) is 0 Å². The van der Waals surface area contributed by atoms with E-state index in [4.69, 9.17) is 4.74 Å². The molecule has 3 N–H and O–H groups in total. The van der Waals surface area contributed by atoms with Gasteiger partial charge in [0.2, 0.25) is 11.0 Å². The fourth-order valence-electron chi connectivity index (χ4n) is 4.86. The van der Waals surface area contributed by atoms with Gasteiger partial charge < -0.3 is 20.5 Å². The number of β-lactam (4-membered cyclic amide) rings is 1. The summed E-state index contributed by atoms with van der Waals surface area (Å²) in [7, 11) is 0. The van der Waals surface area contributed by atoms with Gasteiger partial charge in [-0.05, 0) is 17.2 Å². The summed E-state index contributed by atoms with van der Waals surface area (Å²) in [6, 6.07) is 20.0. The van der Waals surface area contributed by atoms with Crippen molar-refractivity contribution >= 4 is 58.0 Å². The van der Waals surface area contributed by atoms with Crippen LogP contribution in [0.25, 0.3) is 0 Å². The molecule has 0 saturated carbocycles. The topological polar surface area (TPSA) is 185 Å². The zero-order chi connectivity index (χ0) is 32.8. The number of rotatable bonds is 12. The van der Waals surface area contributed by atoms with Crippen LogP contribution >= 0.6 is 23.5 Å². The number of nitro groups is 1. The van der Waals surface area contributed by atoms with E-state index in [1.54, 1.807) is 60.7 Å². The van der Waals surface area contributed by atoms with E-state index >= 15 is 0 Å². The fraction of sp³-hybridized carbons (Fsp3) is 0.194. The number of carbonyl (C=O) groups excluding carboxylic acids is 4. The van der Waals surface area contributed by atoms with E-state index in [1.807, 2.05) is 0 Å². The maximum Gasteiger partial charge on any atom is 0.352 e. The van der Waals surface area contributed by atoms with Crippen LogP contribution in [0.1, 0.15) is 22.0 Å². The molecular weight excluding hydrogens is 636 g/mol. The third kappa shape index (κ3) is 7.05. The van der Waals surface area contributed by atoms with Crippen molar-refractivity contribution in [2.45, 2.75) is 17.5 Å². The molecule has 1 unspecified atom stereocenters. The SMILES string of the molecule is O=C(COc1ccccc1[N+](=O)[O-])N[C@H](C(=O)NC1C(=O)N2C(C(=O)O)=C(CSC(=O)c3ccccc3)CS[C@@H]12)c1ccccc1. The highest BCUT2D eigenvalue weighted by molar-refractivity contribution is 8.14. The summed E-state index contributed by atoms with van der Waals surface area (Å²) in [5.74, 6) is -3.26. The van der Waals surface area contributed by atoms with Crippen molar-refractivity contribution < 1.29 is 38.7 Å². The quantitative estimate of drug-likeness (QED) is 0.147. The molecule has 1 fully saturated rings. The van der Waals surface area contributed by atoms with E-state index in [1.165, 1.54) is 36.0 Å². The molecule has 5 rings (SSSR count). The summed E-state index contributed by atoms with van der Waals surface area (Å²) >= 11 is 2.20. The number of carboxylic acid groups (broad SMARTS) is 1. The van der Waals surface area contributed by atoms with Crippen molar-refractivity contribution in [3.05, 3.63) is 117 Å². The van der Waals surface area contributed by atoms with Crippen molar-refractivity contribution in [3.8, 4) is 5.75 Å². The van der Waals surface area contributed by atoms with Gasteiger partial charge in [0.05, 0.1) is 4.92 Å². The first-order chi connectivity index (χ1) is 22.2. The molecule has 0 spiro atoms. The minimum atomic E-state index is -1.32. The van der Waals surface area contributed by atoms with Crippen molar-refractivity contribution in [1.82, 2.24) is 15.5 Å². The summed E-state index contributed by atoms with van der Waals surface area (Å²) in [6.45, 7) is -0.629. The second-order valence-electron chi connectivity index (χ2n) is 10.0. The molecule has 0 aliphatic carbocycles. The van der Waals surface area contributed by atoms with Crippen LogP contribution in [0.15, 0.2) is 96.2 Å². The van der Waals surface area contributed by atoms with E-state index in [-0.39, 0.29) is 33.8 Å². The van der Waals surface area contributed by atoms with Crippen molar-refractivity contribution in [3.63, 3.8) is 0 Å². The second kappa shape index (κ2) is 14.3. The van der Waals surface area contributed by atoms with E-state index in [0.717, 1.165) is 16.7 Å². The van der Waals surface area contributed by atoms with Crippen molar-refractivity contribution in [2.24, 2.45) is 0 Å². The minimum absolute atomic E-state index is 0.0756. The lowest BCUT2D eigenvalue weighted by molar-refractivity contribution is -0.385. The van der Waals surface area contributed by atoms with Gasteiger partial charge in [0.15, 0.2) is 12.4 Å². The molecule has 2 heterocycles. The van der Waals surface area contributed by atoms with Gasteiger partial charge in [-0.2, -0.15) is 0 Å². The number of aliphatic carboxylic acids is 1. The third-order valence-electron chi connectivity index (χ3n) is 7.06. The number of nitrogens with zero attached hydrogens (tertiary/aromatic N) is 2. The molecule has 0 aromatic heterocycles. The maximum atomic E-state index is 13.5. The van der Waals surface area contributed by atoms with Gasteiger partial charge >= 0.3 is 11.7 Å². The average Bonchev–Trinajstić information content (AvgIpc) is 3.07. The predicted octanol–water partition coefficient (Wildman–Crippen LogP) is 3.14. The highest BCUT2D eigenvalue weighted by Crippen LogP contribution is 2.41. The van der Waals surface area contributed by atoms with Gasteiger partial charge in [-0.15, -0.1) is 11.8 Å². The number of amides is 3. The van der Waals surface area contributed by atoms with Crippen LogP contribution in [0, 0.1) is 10.1 Å². The molecule has 3 aromatic rings. The second-order valence-corrected chi connectivity index (χ2v) is 12.1. The normalized spacial score (nSPS) is 17.7. The molecular formula is C31H26N4O9S2. The molecule has 2 aliphatic rings. The number of fused-ring (bicyclic) bond motifs is 1. The van der Waals surface area contributed by atoms with Crippen LogP contribution in [0.5, 0.6) is 5.75 Å². The Morgan fingerprint density at radius 1 is 1.02 bits per heavy atom. The Labute approximate surface area is 270 Å². The smallest absolute Gasteiger partial charge is 0.352 e. The van der Waals surface area contributed by atoms with Gasteiger partial charge in [-0.25, -0.2) is 4.79 Å². The fourth-order valence-corrected chi connectivity index (χ4v) is 7.18. The van der Waals surface area contributed by atoms with Gasteiger partial charge in [-0.3, -0.25) is 34.2 Å². The summed E-state index contributed by atoms with van der Waals surface area (Å²) in [6.07, 6.45) is 0. The number of benzene rings is 3. The van der Waals surface area contributed by atoms with Crippen LogP contribution < -0.4 is 15.4 Å². The lowest BCUT2D eigenvalue weighted by atomic mass is 10.0. The van der Waals surface area contributed by atoms with Crippen LogP contribution in [0.4, 0.5) is 5.69 Å². The standard InChI is InChI=1S/C31H26N4O9S2/c36-23(15-44-22-14-8-7-13-21(22)35(42)43)32-24(18-9-3-1-4-10-18)27(37)33-25-28(38)34-26(30(39)40)20(16-45-29(25)34)17-46-31(41)19-11-5-2-6-12-19/h1-14,24-25,29H,15-17H2,(H,32,36)(H,33,37)(H,39,40)/t24-,25?,29-/m0/s1. The highest BCUT2D eigenvalue weighted by atomic mass is 32.2. The number of nitro benzene ring substituents is 1. The molecule has 1 saturated heterocycles. The first-order valence-corrected chi connectivity index (χ1v) is 15.8. The molecule has 3 atom stereocenters. The number of nitrogens with one attached hydrogen (secondary N) is 2. The monoisotopic (exact) mass is 662 g/mol. The van der Waals surface area contributed by atoms with Crippen LogP contribution in [-0.4, -0.2) is 73.3 Å². The first kappa shape index (κ1) is 32.2. The number of ether oxygens (including phenoxy) is 1. The molecule has 15 heteroatoms. The number of carboxylic acids is 1. The molecule has 0 radical (unpaired) electrons. The van der Waals surface area contributed by atoms with Crippen LogP contribution in [0.2, 0.25) is 0 Å². The number of carbonyl (C=O) groups is 5. The third-order valence-corrected chi connectivity index (χ3v) is 9.39. The zero-order valence-electron chi connectivity index (χ0n) is 23.9. The molecule has 236 valence electrons. The first-order valence-electron chi connectivity index (χ1n) is 13.8. The summed E-state index contributed by atoms with van der Waals surface area (Å²) in [5, 5.41) is 25.5. The van der Waals surface area contributed by atoms with Crippen molar-refractivity contribution in [1.29, 1.82) is 0 Å². The molecule has 3 aromatic carbocycles. The highest BCUT2D eigenvalue weighted by Gasteiger charge is 2.54. The average molecular weight is 663 g/mol. The number of hydrogen-bond donors (Lipinski definition) is 3. The zero-order valence-corrected chi connectivity index (χ0v) is 25.5. The summed E-state index contributed by atoms with van der Waals surface area (Å²) < 4.78 is 5.35. The lowest BCUT2D eigenvalue weighted by Gasteiger charge is -2.49. The number of hydrogen-bond acceptors (Lipinski definition) is 10. The molecule has 0 bridgehead atoms. The van der Waals surface area contributed by atoms with Gasteiger partial charge in [0.25, 0.3) is 11.8 Å².